The minimum Gasteiger partial charge on any atom is -0.493 e. The highest BCUT2D eigenvalue weighted by molar-refractivity contribution is 6.02. The Morgan fingerprint density at radius 3 is 2.17 bits per heavy atom. The van der Waals surface area contributed by atoms with E-state index in [4.69, 9.17) is 15.2 Å². The van der Waals surface area contributed by atoms with Gasteiger partial charge in [-0.05, 0) is 24.6 Å². The van der Waals surface area contributed by atoms with Crippen LogP contribution in [0.4, 0.5) is 0 Å². The number of hydrogen-bond acceptors (Lipinski definition) is 4. The largest absolute Gasteiger partial charge is 0.493 e. The minimum atomic E-state index is -0.579. The van der Waals surface area contributed by atoms with Gasteiger partial charge in [0.1, 0.15) is 0 Å². The predicted octanol–water partition coefficient (Wildman–Crippen LogP) is 2.18. The molecule has 100 valence electrons. The third-order valence-corrected chi connectivity index (χ3v) is 3.10. The Hall–Kier alpha value is -1.55. The zero-order valence-electron chi connectivity index (χ0n) is 11.7. The number of ether oxygens (including phenoxy) is 2. The Bertz CT molecular complexity index is 453. The van der Waals surface area contributed by atoms with Gasteiger partial charge in [0.2, 0.25) is 0 Å². The molecule has 4 heteroatoms. The quantitative estimate of drug-likeness (QED) is 0.815. The Kier molecular flexibility index (Phi) is 4.35. The lowest BCUT2D eigenvalue weighted by atomic mass is 9.83. The van der Waals surface area contributed by atoms with E-state index in [2.05, 4.69) is 0 Å². The van der Waals surface area contributed by atoms with Gasteiger partial charge >= 0.3 is 0 Å². The fourth-order valence-electron chi connectivity index (χ4n) is 1.68. The lowest BCUT2D eigenvalue weighted by Crippen LogP contribution is -2.33. The normalized spacial score (nSPS) is 11.2. The van der Waals surface area contributed by atoms with Crippen LogP contribution >= 0.6 is 0 Å². The van der Waals surface area contributed by atoms with Gasteiger partial charge in [0.05, 0.1) is 14.2 Å². The fourth-order valence-corrected chi connectivity index (χ4v) is 1.68. The molecular formula is C14H21NO3. The lowest BCUT2D eigenvalue weighted by molar-refractivity contribution is 0.0846. The maximum atomic E-state index is 12.4. The molecule has 0 heterocycles. The highest BCUT2D eigenvalue weighted by atomic mass is 16.5. The number of aryl methyl sites for hydroxylation is 1. The smallest absolute Gasteiger partial charge is 0.170 e. The van der Waals surface area contributed by atoms with Crippen molar-refractivity contribution in [2.24, 2.45) is 11.1 Å². The summed E-state index contributed by atoms with van der Waals surface area (Å²) in [6.45, 7) is 5.86. The summed E-state index contributed by atoms with van der Waals surface area (Å²) in [5.74, 6) is 1.19. The summed E-state index contributed by atoms with van der Waals surface area (Å²) < 4.78 is 10.4. The average Bonchev–Trinajstić information content (AvgIpc) is 2.37. The van der Waals surface area contributed by atoms with Gasteiger partial charge in [-0.1, -0.05) is 13.8 Å². The molecule has 0 aliphatic heterocycles. The van der Waals surface area contributed by atoms with Crippen molar-refractivity contribution in [1.82, 2.24) is 0 Å². The highest BCUT2D eigenvalue weighted by Gasteiger charge is 2.29. The van der Waals surface area contributed by atoms with E-state index in [1.807, 2.05) is 20.8 Å². The molecule has 0 spiro atoms. The average molecular weight is 251 g/mol. The number of ketones is 1. The number of carbonyl (C=O) groups excluding carboxylic acids is 1. The first-order chi connectivity index (χ1) is 8.37. The number of nitrogens with two attached hydrogens (primary N) is 1. The second kappa shape index (κ2) is 5.40. The molecule has 2 N–H and O–H groups in total. The van der Waals surface area contributed by atoms with Crippen LogP contribution in [-0.4, -0.2) is 26.5 Å². The van der Waals surface area contributed by atoms with Crippen molar-refractivity contribution in [3.05, 3.63) is 23.3 Å². The summed E-state index contributed by atoms with van der Waals surface area (Å²) in [6.07, 6.45) is 0. The molecular weight excluding hydrogens is 230 g/mol. The van der Waals surface area contributed by atoms with E-state index in [0.29, 0.717) is 23.6 Å². The first kappa shape index (κ1) is 14.5. The standard InChI is InChI=1S/C14H21NO3/c1-9-6-11(17-4)12(18-5)7-10(9)13(16)14(2,3)8-15/h6-7H,8,15H2,1-5H3. The molecule has 1 aromatic rings. The van der Waals surface area contributed by atoms with Crippen LogP contribution in [0, 0.1) is 12.3 Å². The van der Waals surface area contributed by atoms with E-state index < -0.39 is 5.41 Å². The monoisotopic (exact) mass is 251 g/mol. The van der Waals surface area contributed by atoms with E-state index in [-0.39, 0.29) is 5.78 Å². The third-order valence-electron chi connectivity index (χ3n) is 3.10. The summed E-state index contributed by atoms with van der Waals surface area (Å²) in [4.78, 5) is 12.4. The van der Waals surface area contributed by atoms with E-state index in [1.165, 1.54) is 0 Å². The molecule has 0 saturated heterocycles. The molecule has 0 aliphatic carbocycles. The van der Waals surface area contributed by atoms with Crippen LogP contribution in [0.25, 0.3) is 0 Å². The van der Waals surface area contributed by atoms with Crippen LogP contribution in [0.15, 0.2) is 12.1 Å². The molecule has 0 aliphatic rings. The van der Waals surface area contributed by atoms with Crippen molar-refractivity contribution in [3.63, 3.8) is 0 Å². The van der Waals surface area contributed by atoms with Crippen molar-refractivity contribution in [2.45, 2.75) is 20.8 Å². The van der Waals surface area contributed by atoms with Gasteiger partial charge in [0.15, 0.2) is 17.3 Å². The Morgan fingerprint density at radius 2 is 1.72 bits per heavy atom. The molecule has 0 amide bonds. The number of methoxy groups -OCH3 is 2. The first-order valence-corrected chi connectivity index (χ1v) is 5.85. The summed E-state index contributed by atoms with van der Waals surface area (Å²) in [7, 11) is 3.12. The summed E-state index contributed by atoms with van der Waals surface area (Å²) in [5, 5.41) is 0. The van der Waals surface area contributed by atoms with Crippen LogP contribution in [0.3, 0.4) is 0 Å². The third kappa shape index (κ3) is 2.64. The van der Waals surface area contributed by atoms with Crippen LogP contribution in [0.5, 0.6) is 11.5 Å². The van der Waals surface area contributed by atoms with Gasteiger partial charge < -0.3 is 15.2 Å². The Labute approximate surface area is 108 Å². The molecule has 1 rings (SSSR count). The van der Waals surface area contributed by atoms with Crippen LogP contribution < -0.4 is 15.2 Å². The number of Topliss-reactive ketones (excluding diaryl/α,β-unsaturated/α-hetero) is 1. The molecule has 18 heavy (non-hydrogen) atoms. The zero-order chi connectivity index (χ0) is 13.9. The Balaban J connectivity index is 3.30. The molecule has 1 aromatic carbocycles. The van der Waals surface area contributed by atoms with E-state index in [1.54, 1.807) is 26.4 Å². The Morgan fingerprint density at radius 1 is 1.22 bits per heavy atom. The van der Waals surface area contributed by atoms with Crippen LogP contribution in [0.1, 0.15) is 29.8 Å². The van der Waals surface area contributed by atoms with Gasteiger partial charge in [-0.3, -0.25) is 4.79 Å². The van der Waals surface area contributed by atoms with Gasteiger partial charge in [-0.15, -0.1) is 0 Å². The van der Waals surface area contributed by atoms with Gasteiger partial charge in [-0.2, -0.15) is 0 Å². The highest BCUT2D eigenvalue weighted by Crippen LogP contribution is 2.33. The van der Waals surface area contributed by atoms with Crippen molar-refractivity contribution in [2.75, 3.05) is 20.8 Å². The van der Waals surface area contributed by atoms with E-state index in [9.17, 15) is 4.79 Å². The molecule has 0 fully saturated rings. The summed E-state index contributed by atoms with van der Waals surface area (Å²) >= 11 is 0. The minimum absolute atomic E-state index is 0.0171. The lowest BCUT2D eigenvalue weighted by Gasteiger charge is -2.22. The number of rotatable bonds is 5. The van der Waals surface area contributed by atoms with Crippen molar-refractivity contribution < 1.29 is 14.3 Å². The molecule has 0 aromatic heterocycles. The summed E-state index contributed by atoms with van der Waals surface area (Å²) in [5.41, 5.74) is 6.55. The van der Waals surface area contributed by atoms with Crippen molar-refractivity contribution in [1.29, 1.82) is 0 Å². The molecule has 0 unspecified atom stereocenters. The number of benzene rings is 1. The van der Waals surface area contributed by atoms with Gasteiger partial charge in [0, 0.05) is 17.5 Å². The predicted molar refractivity (Wildman–Crippen MR) is 71.4 cm³/mol. The van der Waals surface area contributed by atoms with Gasteiger partial charge in [-0.25, -0.2) is 0 Å². The van der Waals surface area contributed by atoms with Crippen molar-refractivity contribution >= 4 is 5.78 Å². The molecule has 0 saturated carbocycles. The summed E-state index contributed by atoms with van der Waals surface area (Å²) in [6, 6.07) is 3.52. The van der Waals surface area contributed by atoms with Crippen LogP contribution in [-0.2, 0) is 0 Å². The zero-order valence-corrected chi connectivity index (χ0v) is 11.7. The topological polar surface area (TPSA) is 61.5 Å². The number of carbonyl (C=O) groups is 1. The van der Waals surface area contributed by atoms with Crippen molar-refractivity contribution in [3.8, 4) is 11.5 Å². The number of hydrogen-bond donors (Lipinski definition) is 1. The SMILES string of the molecule is COc1cc(C)c(C(=O)C(C)(C)CN)cc1OC. The maximum Gasteiger partial charge on any atom is 0.170 e. The molecule has 0 atom stereocenters. The van der Waals surface area contributed by atoms with Crippen LogP contribution in [0.2, 0.25) is 0 Å². The van der Waals surface area contributed by atoms with E-state index >= 15 is 0 Å². The second-order valence-corrected chi connectivity index (χ2v) is 4.94. The molecule has 0 bridgehead atoms. The van der Waals surface area contributed by atoms with Gasteiger partial charge in [0.25, 0.3) is 0 Å². The molecule has 4 nitrogen and oxygen atoms in total. The fraction of sp³-hybridized carbons (Fsp3) is 0.500. The van der Waals surface area contributed by atoms with E-state index in [0.717, 1.165) is 5.56 Å². The first-order valence-electron chi connectivity index (χ1n) is 5.85. The molecule has 0 radical (unpaired) electrons. The second-order valence-electron chi connectivity index (χ2n) is 4.94. The maximum absolute atomic E-state index is 12.4.